The first-order chi connectivity index (χ1) is 5.75. The summed E-state index contributed by atoms with van der Waals surface area (Å²) in [5, 5.41) is 44.4. The lowest BCUT2D eigenvalue weighted by atomic mass is 9.96. The molecule has 1 aliphatic rings. The van der Waals surface area contributed by atoms with Gasteiger partial charge in [0, 0.05) is 0 Å². The molecule has 0 saturated heterocycles. The zero-order chi connectivity index (χ0) is 10.3. The van der Waals surface area contributed by atoms with Gasteiger partial charge in [-0.2, -0.15) is 0 Å². The maximum absolute atomic E-state index is 10.4. The minimum atomic E-state index is -2.67. The van der Waals surface area contributed by atoms with Gasteiger partial charge in [0.1, 0.15) is 5.57 Å². The van der Waals surface area contributed by atoms with Crippen molar-refractivity contribution >= 4 is 5.97 Å². The van der Waals surface area contributed by atoms with E-state index in [1.54, 1.807) is 0 Å². The smallest absolute Gasteiger partial charge is 0.337 e. The van der Waals surface area contributed by atoms with Crippen molar-refractivity contribution in [3.63, 3.8) is 0 Å². The van der Waals surface area contributed by atoms with E-state index >= 15 is 0 Å². The molecule has 0 radical (unpaired) electrons. The van der Waals surface area contributed by atoms with Crippen LogP contribution in [-0.2, 0) is 4.79 Å². The zero-order valence-electron chi connectivity index (χ0n) is 6.38. The minimum absolute atomic E-state index is 0.440. The van der Waals surface area contributed by atoms with E-state index in [1.165, 1.54) is 0 Å². The average Bonchev–Trinajstić information content (AvgIpc) is 1.95. The third-order valence-corrected chi connectivity index (χ3v) is 1.54. The summed E-state index contributed by atoms with van der Waals surface area (Å²) in [4.78, 5) is 10.4. The van der Waals surface area contributed by atoms with Crippen LogP contribution in [0.25, 0.3) is 0 Å². The molecule has 0 aromatic carbocycles. The van der Waals surface area contributed by atoms with Crippen molar-refractivity contribution in [2.75, 3.05) is 0 Å². The van der Waals surface area contributed by atoms with Crippen LogP contribution in [0.15, 0.2) is 23.8 Å². The van der Waals surface area contributed by atoms with Crippen LogP contribution in [0.3, 0.4) is 0 Å². The third kappa shape index (κ3) is 1.93. The number of carboxylic acid groups (broad SMARTS) is 1. The van der Waals surface area contributed by atoms with Crippen molar-refractivity contribution in [2.45, 2.75) is 11.6 Å². The summed E-state index contributed by atoms with van der Waals surface area (Å²) in [6.07, 6.45) is 1.69. The second kappa shape index (κ2) is 2.64. The molecule has 0 bridgehead atoms. The van der Waals surface area contributed by atoms with Crippen LogP contribution in [0.4, 0.5) is 0 Å². The maximum atomic E-state index is 10.4. The van der Waals surface area contributed by atoms with Gasteiger partial charge in [-0.05, 0) is 18.2 Å². The van der Waals surface area contributed by atoms with E-state index in [-0.39, 0.29) is 0 Å². The van der Waals surface area contributed by atoms with Crippen LogP contribution in [0, 0.1) is 0 Å². The lowest BCUT2D eigenvalue weighted by Gasteiger charge is -2.26. The van der Waals surface area contributed by atoms with Crippen LogP contribution < -0.4 is 0 Å². The Morgan fingerprint density at radius 2 is 1.69 bits per heavy atom. The number of aliphatic hydroxyl groups is 4. The predicted molar refractivity (Wildman–Crippen MR) is 39.2 cm³/mol. The highest BCUT2D eigenvalue weighted by atomic mass is 16.5. The van der Waals surface area contributed by atoms with Crippen molar-refractivity contribution in [1.82, 2.24) is 0 Å². The van der Waals surface area contributed by atoms with Gasteiger partial charge in [-0.3, -0.25) is 0 Å². The molecule has 0 atom stereocenters. The molecule has 0 aromatic rings. The van der Waals surface area contributed by atoms with Gasteiger partial charge in [-0.15, -0.1) is 0 Å². The van der Waals surface area contributed by atoms with Crippen molar-refractivity contribution in [3.05, 3.63) is 23.8 Å². The lowest BCUT2D eigenvalue weighted by Crippen LogP contribution is -2.40. The summed E-state index contributed by atoms with van der Waals surface area (Å²) in [5.41, 5.74) is -0.903. The quantitative estimate of drug-likeness (QED) is 0.238. The largest absolute Gasteiger partial charge is 0.478 e. The summed E-state index contributed by atoms with van der Waals surface area (Å²) < 4.78 is 0. The van der Waals surface area contributed by atoms with Gasteiger partial charge in [0.15, 0.2) is 0 Å². The average molecular weight is 188 g/mol. The Morgan fingerprint density at radius 3 is 2.08 bits per heavy atom. The van der Waals surface area contributed by atoms with E-state index in [2.05, 4.69) is 0 Å². The summed E-state index contributed by atoms with van der Waals surface area (Å²) in [6.45, 7) is 0. The molecule has 0 unspecified atom stereocenters. The van der Waals surface area contributed by atoms with Crippen molar-refractivity contribution in [1.29, 1.82) is 0 Å². The Labute approximate surface area is 72.7 Å². The SMILES string of the molecule is O=C(O)C1=CC(O)(O)C=CC1(O)O. The molecule has 72 valence electrons. The molecule has 0 saturated carbocycles. The highest BCUT2D eigenvalue weighted by molar-refractivity contribution is 5.89. The molecular weight excluding hydrogens is 180 g/mol. The van der Waals surface area contributed by atoms with Crippen molar-refractivity contribution in [3.8, 4) is 0 Å². The van der Waals surface area contributed by atoms with Gasteiger partial charge in [-0.1, -0.05) is 0 Å². The Kier molecular flexibility index (Phi) is 2.01. The monoisotopic (exact) mass is 188 g/mol. The number of aliphatic carboxylic acids is 1. The van der Waals surface area contributed by atoms with E-state index in [1.807, 2.05) is 0 Å². The first-order valence-corrected chi connectivity index (χ1v) is 3.31. The summed E-state index contributed by atoms with van der Waals surface area (Å²) >= 11 is 0. The van der Waals surface area contributed by atoms with E-state index < -0.39 is 23.1 Å². The first kappa shape index (κ1) is 9.87. The van der Waals surface area contributed by atoms with E-state index in [9.17, 15) is 4.79 Å². The van der Waals surface area contributed by atoms with E-state index in [0.29, 0.717) is 18.2 Å². The minimum Gasteiger partial charge on any atom is -0.478 e. The molecule has 5 N–H and O–H groups in total. The molecule has 1 rings (SSSR count). The van der Waals surface area contributed by atoms with Gasteiger partial charge in [0.2, 0.25) is 11.6 Å². The van der Waals surface area contributed by atoms with Gasteiger partial charge in [-0.25, -0.2) is 4.79 Å². The Morgan fingerprint density at radius 1 is 1.15 bits per heavy atom. The molecule has 0 aromatic heterocycles. The zero-order valence-corrected chi connectivity index (χ0v) is 6.38. The summed E-state index contributed by atoms with van der Waals surface area (Å²) in [7, 11) is 0. The molecule has 0 amide bonds. The van der Waals surface area contributed by atoms with Gasteiger partial charge in [0.25, 0.3) is 0 Å². The summed E-state index contributed by atoms with van der Waals surface area (Å²) in [5.74, 6) is -6.76. The molecule has 0 fully saturated rings. The number of carbonyl (C=O) groups is 1. The standard InChI is InChI=1S/C7H8O6/c8-5(9)4-3-6(10,11)1-2-7(4,12)13/h1-3,10-13H,(H,8,9). The van der Waals surface area contributed by atoms with E-state index in [4.69, 9.17) is 25.5 Å². The second-order valence-corrected chi connectivity index (χ2v) is 2.71. The number of rotatable bonds is 1. The van der Waals surface area contributed by atoms with Gasteiger partial charge in [0.05, 0.1) is 0 Å². The van der Waals surface area contributed by atoms with Crippen molar-refractivity contribution < 1.29 is 30.3 Å². The molecule has 0 aliphatic heterocycles. The first-order valence-electron chi connectivity index (χ1n) is 3.31. The van der Waals surface area contributed by atoms with Crippen molar-refractivity contribution in [2.24, 2.45) is 0 Å². The molecule has 6 nitrogen and oxygen atoms in total. The Balaban J connectivity index is 3.14. The molecule has 1 aliphatic carbocycles. The number of hydrogen-bond donors (Lipinski definition) is 5. The normalized spacial score (nSPS) is 23.8. The molecule has 0 heterocycles. The van der Waals surface area contributed by atoms with Crippen LogP contribution in [0.1, 0.15) is 0 Å². The second-order valence-electron chi connectivity index (χ2n) is 2.71. The summed E-state index contributed by atoms with van der Waals surface area (Å²) in [6, 6.07) is 0. The Bertz CT molecular complexity index is 298. The molecular formula is C7H8O6. The fourth-order valence-electron chi connectivity index (χ4n) is 0.915. The molecule has 0 spiro atoms. The lowest BCUT2D eigenvalue weighted by molar-refractivity contribution is -0.147. The van der Waals surface area contributed by atoms with Gasteiger partial charge < -0.3 is 25.5 Å². The van der Waals surface area contributed by atoms with Crippen LogP contribution >= 0.6 is 0 Å². The topological polar surface area (TPSA) is 118 Å². The Hall–Kier alpha value is -1.21. The fourth-order valence-corrected chi connectivity index (χ4v) is 0.915. The van der Waals surface area contributed by atoms with E-state index in [0.717, 1.165) is 0 Å². The van der Waals surface area contributed by atoms with Crippen LogP contribution in [0.5, 0.6) is 0 Å². The number of carboxylic acids is 1. The third-order valence-electron chi connectivity index (χ3n) is 1.54. The molecule has 6 heteroatoms. The highest BCUT2D eigenvalue weighted by Gasteiger charge is 2.38. The fraction of sp³-hybridized carbons (Fsp3) is 0.286. The van der Waals surface area contributed by atoms with Crippen LogP contribution in [0.2, 0.25) is 0 Å². The van der Waals surface area contributed by atoms with Gasteiger partial charge >= 0.3 is 5.97 Å². The number of hydrogen-bond acceptors (Lipinski definition) is 5. The molecule has 13 heavy (non-hydrogen) atoms. The predicted octanol–water partition coefficient (Wildman–Crippen LogP) is -2.07. The van der Waals surface area contributed by atoms with Crippen LogP contribution in [-0.4, -0.2) is 43.1 Å². The maximum Gasteiger partial charge on any atom is 0.337 e. The highest BCUT2D eigenvalue weighted by Crippen LogP contribution is 2.25.